The van der Waals surface area contributed by atoms with E-state index in [4.69, 9.17) is 11.6 Å². The van der Waals surface area contributed by atoms with Gasteiger partial charge in [-0.25, -0.2) is 0 Å². The van der Waals surface area contributed by atoms with E-state index in [2.05, 4.69) is 9.98 Å². The van der Waals surface area contributed by atoms with Crippen LogP contribution in [0, 0.1) is 17.0 Å². The highest BCUT2D eigenvalue weighted by molar-refractivity contribution is 6.32. The third kappa shape index (κ3) is 2.58. The molecular formula is C16H12ClN3O2. The molecule has 1 N–H and O–H groups in total. The van der Waals surface area contributed by atoms with Crippen LogP contribution in [0.15, 0.2) is 47.5 Å². The van der Waals surface area contributed by atoms with E-state index < -0.39 is 4.92 Å². The van der Waals surface area contributed by atoms with Gasteiger partial charge in [-0.05, 0) is 25.1 Å². The number of hydrogen-bond donors (Lipinski definition) is 1. The summed E-state index contributed by atoms with van der Waals surface area (Å²) in [6.07, 6.45) is 1.71. The second-order valence-electron chi connectivity index (χ2n) is 4.86. The summed E-state index contributed by atoms with van der Waals surface area (Å²) in [6.45, 7) is 1.96. The fourth-order valence-corrected chi connectivity index (χ4v) is 2.51. The van der Waals surface area contributed by atoms with E-state index in [1.807, 2.05) is 31.2 Å². The number of hydrogen-bond acceptors (Lipinski definition) is 3. The molecule has 0 saturated carbocycles. The van der Waals surface area contributed by atoms with Crippen LogP contribution in [0.3, 0.4) is 0 Å². The van der Waals surface area contributed by atoms with Crippen molar-refractivity contribution in [2.45, 2.75) is 6.92 Å². The van der Waals surface area contributed by atoms with Gasteiger partial charge in [0.15, 0.2) is 0 Å². The van der Waals surface area contributed by atoms with Crippen molar-refractivity contribution in [1.29, 1.82) is 0 Å². The van der Waals surface area contributed by atoms with Gasteiger partial charge in [0.2, 0.25) is 0 Å². The number of benzene rings is 2. The third-order valence-electron chi connectivity index (χ3n) is 3.41. The highest BCUT2D eigenvalue weighted by Crippen LogP contribution is 2.29. The van der Waals surface area contributed by atoms with Gasteiger partial charge in [0.1, 0.15) is 5.02 Å². The number of nitrogens with one attached hydrogen (secondary N) is 1. The molecule has 0 saturated heterocycles. The number of nitrogens with zero attached hydrogens (tertiary/aromatic N) is 2. The Balaban J connectivity index is 2.01. The number of H-pyrrole nitrogens is 1. The highest BCUT2D eigenvalue weighted by Gasteiger charge is 2.12. The van der Waals surface area contributed by atoms with Gasteiger partial charge in [0.25, 0.3) is 5.69 Å². The molecule has 0 aliphatic rings. The summed E-state index contributed by atoms with van der Waals surface area (Å²) in [6, 6.07) is 12.4. The Morgan fingerprint density at radius 2 is 2.05 bits per heavy atom. The predicted octanol–water partition coefficient (Wildman–Crippen LogP) is 4.79. The number of aromatic nitrogens is 1. The van der Waals surface area contributed by atoms with Crippen LogP contribution in [0.2, 0.25) is 5.02 Å². The first-order valence-corrected chi connectivity index (χ1v) is 6.99. The zero-order valence-corrected chi connectivity index (χ0v) is 12.5. The van der Waals surface area contributed by atoms with Gasteiger partial charge < -0.3 is 4.98 Å². The number of nitro groups is 1. The minimum Gasteiger partial charge on any atom is -0.358 e. The molecule has 22 heavy (non-hydrogen) atoms. The lowest BCUT2D eigenvalue weighted by atomic mass is 10.1. The maximum Gasteiger partial charge on any atom is 0.290 e. The predicted molar refractivity (Wildman–Crippen MR) is 88.4 cm³/mol. The maximum absolute atomic E-state index is 10.9. The lowest BCUT2D eigenvalue weighted by Gasteiger charge is -1.97. The van der Waals surface area contributed by atoms with Crippen LogP contribution >= 0.6 is 11.6 Å². The Hall–Kier alpha value is -2.66. The zero-order chi connectivity index (χ0) is 15.7. The number of aromatic amines is 1. The summed E-state index contributed by atoms with van der Waals surface area (Å²) >= 11 is 5.80. The van der Waals surface area contributed by atoms with Gasteiger partial charge in [0.05, 0.1) is 10.6 Å². The first-order valence-electron chi connectivity index (χ1n) is 6.61. The molecule has 0 atom stereocenters. The van der Waals surface area contributed by atoms with Gasteiger partial charge in [-0.3, -0.25) is 15.1 Å². The summed E-state index contributed by atoms with van der Waals surface area (Å²) in [5.41, 5.74) is 3.33. The Bertz CT molecular complexity index is 900. The van der Waals surface area contributed by atoms with Crippen molar-refractivity contribution in [1.82, 2.24) is 4.98 Å². The summed E-state index contributed by atoms with van der Waals surface area (Å²) in [5.74, 6) is 0. The van der Waals surface area contributed by atoms with Crippen LogP contribution in [0.1, 0.15) is 11.3 Å². The standard InChI is InChI=1S/C16H12ClN3O2/c1-10-13(12-4-2-3-5-15(12)19-10)9-18-11-6-7-14(17)16(8-11)20(21)22/h2-9,19H,1H3. The van der Waals surface area contributed by atoms with Crippen molar-refractivity contribution in [3.8, 4) is 0 Å². The zero-order valence-electron chi connectivity index (χ0n) is 11.7. The number of aryl methyl sites for hydroxylation is 1. The Morgan fingerprint density at radius 1 is 1.27 bits per heavy atom. The van der Waals surface area contributed by atoms with Crippen LogP contribution in [-0.2, 0) is 0 Å². The van der Waals surface area contributed by atoms with Crippen LogP contribution < -0.4 is 0 Å². The summed E-state index contributed by atoms with van der Waals surface area (Å²) in [4.78, 5) is 18.0. The smallest absolute Gasteiger partial charge is 0.290 e. The van der Waals surface area contributed by atoms with E-state index in [-0.39, 0.29) is 10.7 Å². The second kappa shape index (κ2) is 5.61. The molecule has 3 rings (SSSR count). The summed E-state index contributed by atoms with van der Waals surface area (Å²) < 4.78 is 0. The van der Waals surface area contributed by atoms with Crippen molar-refractivity contribution >= 4 is 40.1 Å². The molecule has 0 bridgehead atoms. The van der Waals surface area contributed by atoms with E-state index in [0.717, 1.165) is 22.2 Å². The molecule has 0 unspecified atom stereocenters. The van der Waals surface area contributed by atoms with Crippen LogP contribution in [-0.4, -0.2) is 16.1 Å². The van der Waals surface area contributed by atoms with Gasteiger partial charge in [-0.2, -0.15) is 0 Å². The fraction of sp³-hybridized carbons (Fsp3) is 0.0625. The largest absolute Gasteiger partial charge is 0.358 e. The van der Waals surface area contributed by atoms with Crippen molar-refractivity contribution < 1.29 is 4.92 Å². The molecule has 0 amide bonds. The van der Waals surface area contributed by atoms with Crippen molar-refractivity contribution in [2.75, 3.05) is 0 Å². The number of para-hydroxylation sites is 1. The summed E-state index contributed by atoms with van der Waals surface area (Å²) in [5, 5.41) is 12.1. The number of halogens is 1. The van der Waals surface area contributed by atoms with Crippen LogP contribution in [0.4, 0.5) is 11.4 Å². The number of nitro benzene ring substituents is 1. The van der Waals surface area contributed by atoms with E-state index in [1.54, 1.807) is 12.3 Å². The number of fused-ring (bicyclic) bond motifs is 1. The van der Waals surface area contributed by atoms with E-state index in [0.29, 0.717) is 5.69 Å². The monoisotopic (exact) mass is 313 g/mol. The van der Waals surface area contributed by atoms with Crippen molar-refractivity contribution in [3.05, 3.63) is 68.9 Å². The molecule has 1 aromatic heterocycles. The average Bonchev–Trinajstić information content (AvgIpc) is 2.81. The molecule has 2 aromatic carbocycles. The average molecular weight is 314 g/mol. The molecular weight excluding hydrogens is 302 g/mol. The van der Waals surface area contributed by atoms with Gasteiger partial charge >= 0.3 is 0 Å². The molecule has 0 aliphatic carbocycles. The molecule has 3 aromatic rings. The molecule has 0 radical (unpaired) electrons. The van der Waals surface area contributed by atoms with Crippen molar-refractivity contribution in [2.24, 2.45) is 4.99 Å². The highest BCUT2D eigenvalue weighted by atomic mass is 35.5. The number of rotatable bonds is 3. The molecule has 110 valence electrons. The van der Waals surface area contributed by atoms with E-state index in [1.165, 1.54) is 12.1 Å². The Kier molecular flexibility index (Phi) is 3.65. The lowest BCUT2D eigenvalue weighted by Crippen LogP contribution is -1.88. The molecule has 1 heterocycles. The normalized spacial score (nSPS) is 11.4. The Labute approximate surface area is 131 Å². The minimum absolute atomic E-state index is 0.104. The van der Waals surface area contributed by atoms with E-state index >= 15 is 0 Å². The fourth-order valence-electron chi connectivity index (χ4n) is 2.33. The third-order valence-corrected chi connectivity index (χ3v) is 3.73. The second-order valence-corrected chi connectivity index (χ2v) is 5.27. The first-order chi connectivity index (χ1) is 10.6. The van der Waals surface area contributed by atoms with Crippen molar-refractivity contribution in [3.63, 3.8) is 0 Å². The summed E-state index contributed by atoms with van der Waals surface area (Å²) in [7, 11) is 0. The van der Waals surface area contributed by atoms with Crippen LogP contribution in [0.5, 0.6) is 0 Å². The van der Waals surface area contributed by atoms with Gasteiger partial charge in [-0.15, -0.1) is 0 Å². The Morgan fingerprint density at radius 3 is 2.82 bits per heavy atom. The molecule has 0 aliphatic heterocycles. The number of aliphatic imine (C=N–C) groups is 1. The molecule has 5 nitrogen and oxygen atoms in total. The van der Waals surface area contributed by atoms with Gasteiger partial charge in [0, 0.05) is 34.4 Å². The lowest BCUT2D eigenvalue weighted by molar-refractivity contribution is -0.384. The van der Waals surface area contributed by atoms with Crippen LogP contribution in [0.25, 0.3) is 10.9 Å². The molecule has 6 heteroatoms. The van der Waals surface area contributed by atoms with Gasteiger partial charge in [-0.1, -0.05) is 29.8 Å². The minimum atomic E-state index is -0.516. The SMILES string of the molecule is Cc1[nH]c2ccccc2c1C=Nc1ccc(Cl)c([N+](=O)[O-])c1. The maximum atomic E-state index is 10.9. The first kappa shape index (κ1) is 14.3. The molecule has 0 fully saturated rings. The topological polar surface area (TPSA) is 71.3 Å². The molecule has 0 spiro atoms. The quantitative estimate of drug-likeness (QED) is 0.429. The van der Waals surface area contributed by atoms with E-state index in [9.17, 15) is 10.1 Å².